The Labute approximate surface area is 188 Å². The van der Waals surface area contributed by atoms with Crippen molar-refractivity contribution in [3.63, 3.8) is 0 Å². The molecule has 5 aliphatic rings. The van der Waals surface area contributed by atoms with Crippen molar-refractivity contribution in [2.45, 2.75) is 104 Å². The van der Waals surface area contributed by atoms with Crippen LogP contribution in [-0.2, 0) is 14.3 Å². The largest absolute Gasteiger partial charge is 0.353 e. The van der Waals surface area contributed by atoms with E-state index in [0.717, 1.165) is 25.7 Å². The van der Waals surface area contributed by atoms with Gasteiger partial charge in [-0.3, -0.25) is 9.59 Å². The maximum atomic E-state index is 13.7. The molecule has 2 spiro atoms. The summed E-state index contributed by atoms with van der Waals surface area (Å²) >= 11 is 0. The first kappa shape index (κ1) is 21.9. The molecule has 0 N–H and O–H groups in total. The van der Waals surface area contributed by atoms with Crippen molar-refractivity contribution in [3.8, 4) is 0 Å². The Morgan fingerprint density at radius 2 is 1.71 bits per heavy atom. The van der Waals surface area contributed by atoms with Gasteiger partial charge in [0.15, 0.2) is 11.4 Å². The Balaban J connectivity index is 1.44. The highest BCUT2D eigenvalue weighted by Gasteiger charge is 2.89. The van der Waals surface area contributed by atoms with E-state index in [9.17, 15) is 9.59 Å². The monoisotopic (exact) mass is 426 g/mol. The lowest BCUT2D eigenvalue weighted by Gasteiger charge is -2.56. The molecule has 0 amide bonds. The molecule has 4 saturated carbocycles. The Kier molecular flexibility index (Phi) is 4.78. The molecule has 5 fully saturated rings. The molecule has 0 unspecified atom stereocenters. The molecule has 0 radical (unpaired) electrons. The van der Waals surface area contributed by atoms with Gasteiger partial charge in [-0.05, 0) is 67.1 Å². The number of carbonyl (C=O) groups excluding carboxylic acids is 2. The molecule has 4 aliphatic carbocycles. The predicted octanol–water partition coefficient (Wildman–Crippen LogP) is 6.15. The molecule has 0 aromatic rings. The van der Waals surface area contributed by atoms with Gasteiger partial charge >= 0.3 is 0 Å². The third kappa shape index (κ3) is 2.62. The number of ketones is 2. The van der Waals surface area contributed by atoms with Gasteiger partial charge in [0.25, 0.3) is 0 Å². The van der Waals surface area contributed by atoms with Crippen molar-refractivity contribution in [2.75, 3.05) is 0 Å². The van der Waals surface area contributed by atoms with Crippen molar-refractivity contribution >= 4 is 11.6 Å². The zero-order valence-electron chi connectivity index (χ0n) is 20.5. The fourth-order valence-corrected chi connectivity index (χ4v) is 8.86. The van der Waals surface area contributed by atoms with Gasteiger partial charge in [0, 0.05) is 30.6 Å². The molecule has 172 valence electrons. The van der Waals surface area contributed by atoms with Crippen LogP contribution < -0.4 is 0 Å². The van der Waals surface area contributed by atoms with E-state index in [1.807, 2.05) is 0 Å². The minimum absolute atomic E-state index is 0.0810. The first-order valence-corrected chi connectivity index (χ1v) is 13.0. The lowest BCUT2D eigenvalue weighted by atomic mass is 9.44. The van der Waals surface area contributed by atoms with Gasteiger partial charge in [-0.1, -0.05) is 53.7 Å². The SMILES string of the molecule is CC(C)[C@@H](C)/C=C/[C@@H](C)[C@H]1CC[C@@]23O[C@@]24C(=O)C[C@H]2CC(=O)CC[C@]2(C)[C@H]4CC[C@]13C. The van der Waals surface area contributed by atoms with Gasteiger partial charge in [0.2, 0.25) is 0 Å². The number of allylic oxidation sites excluding steroid dienone is 2. The van der Waals surface area contributed by atoms with E-state index in [-0.39, 0.29) is 22.3 Å². The normalized spacial score (nSPS) is 50.6. The van der Waals surface area contributed by atoms with Crippen LogP contribution in [0.5, 0.6) is 0 Å². The summed E-state index contributed by atoms with van der Waals surface area (Å²) in [6.07, 6.45) is 12.1. The topological polar surface area (TPSA) is 46.7 Å². The van der Waals surface area contributed by atoms with E-state index in [1.165, 1.54) is 6.42 Å². The summed E-state index contributed by atoms with van der Waals surface area (Å²) < 4.78 is 6.82. The van der Waals surface area contributed by atoms with Crippen molar-refractivity contribution < 1.29 is 14.3 Å². The van der Waals surface area contributed by atoms with Gasteiger partial charge < -0.3 is 4.74 Å². The summed E-state index contributed by atoms with van der Waals surface area (Å²) in [5.41, 5.74) is -0.623. The average Bonchev–Trinajstić information content (AvgIpc) is 3.31. The molecule has 0 bridgehead atoms. The molecule has 9 atom stereocenters. The predicted molar refractivity (Wildman–Crippen MR) is 122 cm³/mol. The number of hydrogen-bond acceptors (Lipinski definition) is 3. The Morgan fingerprint density at radius 3 is 2.42 bits per heavy atom. The van der Waals surface area contributed by atoms with Crippen LogP contribution in [0.3, 0.4) is 0 Å². The smallest absolute Gasteiger partial charge is 0.168 e. The number of epoxide rings is 1. The number of rotatable bonds is 4. The van der Waals surface area contributed by atoms with Crippen LogP contribution in [0.1, 0.15) is 92.9 Å². The standard InChI is InChI=1S/C28H42O3/c1-17(2)18(3)7-8-19(4)22-10-14-27-26(22,6)13-11-23-25(5)12-9-21(29)15-20(25)16-24(30)28(23,27)31-27/h7-8,17-20,22-23H,9-16H2,1-6H3/b8-7+/t18-,19+,20+,22+,23+,25-,26+,27-,28-/m0/s1. The minimum Gasteiger partial charge on any atom is -0.353 e. The Morgan fingerprint density at radius 1 is 0.968 bits per heavy atom. The van der Waals surface area contributed by atoms with Crippen molar-refractivity contribution in [2.24, 2.45) is 46.3 Å². The number of Topliss-reactive ketones (excluding diaryl/α,β-unsaturated/α-hetero) is 2. The van der Waals surface area contributed by atoms with Gasteiger partial charge in [-0.2, -0.15) is 0 Å². The van der Waals surface area contributed by atoms with Crippen LogP contribution in [0.4, 0.5) is 0 Å². The summed E-state index contributed by atoms with van der Waals surface area (Å²) in [7, 11) is 0. The molecule has 5 rings (SSSR count). The van der Waals surface area contributed by atoms with Crippen molar-refractivity contribution in [1.82, 2.24) is 0 Å². The zero-order valence-corrected chi connectivity index (χ0v) is 20.5. The minimum atomic E-state index is -0.547. The second-order valence-electron chi connectivity index (χ2n) is 12.7. The first-order valence-electron chi connectivity index (χ1n) is 13.0. The number of fused-ring (bicyclic) bond motifs is 2. The molecule has 3 nitrogen and oxygen atoms in total. The third-order valence-electron chi connectivity index (χ3n) is 11.3. The van der Waals surface area contributed by atoms with Crippen LogP contribution in [-0.4, -0.2) is 22.8 Å². The van der Waals surface area contributed by atoms with Crippen LogP contribution in [0.2, 0.25) is 0 Å². The first-order chi connectivity index (χ1) is 14.5. The molecule has 0 aromatic carbocycles. The maximum absolute atomic E-state index is 13.7. The fourth-order valence-electron chi connectivity index (χ4n) is 8.86. The molecule has 1 aliphatic heterocycles. The summed E-state index contributed by atoms with van der Waals surface area (Å²) in [4.78, 5) is 25.9. The van der Waals surface area contributed by atoms with Gasteiger partial charge in [-0.15, -0.1) is 0 Å². The zero-order chi connectivity index (χ0) is 22.4. The summed E-state index contributed by atoms with van der Waals surface area (Å²) in [6.45, 7) is 14.1. The molecule has 3 heteroatoms. The highest BCUT2D eigenvalue weighted by molar-refractivity contribution is 5.95. The van der Waals surface area contributed by atoms with E-state index in [2.05, 4.69) is 53.7 Å². The molecular formula is C28H42O3. The number of hydrogen-bond donors (Lipinski definition) is 0. The lowest BCUT2D eigenvalue weighted by Crippen LogP contribution is -2.62. The highest BCUT2D eigenvalue weighted by atomic mass is 16.6. The average molecular weight is 427 g/mol. The van der Waals surface area contributed by atoms with E-state index < -0.39 is 5.60 Å². The van der Waals surface area contributed by atoms with Gasteiger partial charge in [0.1, 0.15) is 11.4 Å². The van der Waals surface area contributed by atoms with Crippen LogP contribution in [0, 0.1) is 46.3 Å². The van der Waals surface area contributed by atoms with Crippen LogP contribution >= 0.6 is 0 Å². The molecular weight excluding hydrogens is 384 g/mol. The van der Waals surface area contributed by atoms with Crippen molar-refractivity contribution in [1.29, 1.82) is 0 Å². The second kappa shape index (κ2) is 6.78. The van der Waals surface area contributed by atoms with E-state index in [0.29, 0.717) is 60.4 Å². The summed E-state index contributed by atoms with van der Waals surface area (Å²) in [5.74, 6) is 3.57. The summed E-state index contributed by atoms with van der Waals surface area (Å²) in [6, 6.07) is 0. The maximum Gasteiger partial charge on any atom is 0.168 e. The fraction of sp³-hybridized carbons (Fsp3) is 0.857. The highest BCUT2D eigenvalue weighted by Crippen LogP contribution is 2.80. The van der Waals surface area contributed by atoms with E-state index >= 15 is 0 Å². The number of ether oxygens (including phenoxy) is 1. The Hall–Kier alpha value is -0.960. The molecule has 0 aromatic heterocycles. The number of carbonyl (C=O) groups is 2. The van der Waals surface area contributed by atoms with E-state index in [1.54, 1.807) is 0 Å². The van der Waals surface area contributed by atoms with Crippen molar-refractivity contribution in [3.05, 3.63) is 12.2 Å². The summed E-state index contributed by atoms with van der Waals surface area (Å²) in [5, 5.41) is 0. The van der Waals surface area contributed by atoms with Crippen LogP contribution in [0.15, 0.2) is 12.2 Å². The molecule has 31 heavy (non-hydrogen) atoms. The molecule has 1 heterocycles. The Bertz CT molecular complexity index is 828. The van der Waals surface area contributed by atoms with Gasteiger partial charge in [0.05, 0.1) is 0 Å². The molecule has 1 saturated heterocycles. The third-order valence-corrected chi connectivity index (χ3v) is 11.3. The van der Waals surface area contributed by atoms with Crippen LogP contribution in [0.25, 0.3) is 0 Å². The quantitative estimate of drug-likeness (QED) is 0.400. The van der Waals surface area contributed by atoms with E-state index in [4.69, 9.17) is 4.74 Å². The second-order valence-corrected chi connectivity index (χ2v) is 12.7. The van der Waals surface area contributed by atoms with Gasteiger partial charge in [-0.25, -0.2) is 0 Å². The lowest BCUT2D eigenvalue weighted by molar-refractivity contribution is -0.149.